The SMILES string of the molecule is Cc1cc(C)nc(SCc2c(Cl)cncc2Cl)n1. The summed E-state index contributed by atoms with van der Waals surface area (Å²) < 4.78 is 0. The Morgan fingerprint density at radius 3 is 2.17 bits per heavy atom. The van der Waals surface area contributed by atoms with Crippen LogP contribution in [0.1, 0.15) is 17.0 Å². The van der Waals surface area contributed by atoms with E-state index in [-0.39, 0.29) is 0 Å². The highest BCUT2D eigenvalue weighted by Gasteiger charge is 2.08. The zero-order valence-corrected chi connectivity index (χ0v) is 12.3. The van der Waals surface area contributed by atoms with Crippen molar-refractivity contribution in [1.82, 2.24) is 15.0 Å². The molecule has 0 atom stereocenters. The van der Waals surface area contributed by atoms with E-state index in [9.17, 15) is 0 Å². The normalized spacial score (nSPS) is 10.7. The summed E-state index contributed by atoms with van der Waals surface area (Å²) in [6.45, 7) is 3.90. The molecule has 3 nitrogen and oxygen atoms in total. The second-order valence-electron chi connectivity index (χ2n) is 3.80. The summed E-state index contributed by atoms with van der Waals surface area (Å²) in [4.78, 5) is 12.6. The molecule has 2 heterocycles. The topological polar surface area (TPSA) is 38.7 Å². The average Bonchev–Trinajstić information content (AvgIpc) is 2.27. The molecule has 18 heavy (non-hydrogen) atoms. The fourth-order valence-corrected chi connectivity index (χ4v) is 3.13. The van der Waals surface area contributed by atoms with Crippen LogP contribution in [0.2, 0.25) is 10.0 Å². The van der Waals surface area contributed by atoms with E-state index in [1.807, 2.05) is 19.9 Å². The molecule has 0 unspecified atom stereocenters. The maximum absolute atomic E-state index is 6.06. The number of hydrogen-bond acceptors (Lipinski definition) is 4. The van der Waals surface area contributed by atoms with Crippen molar-refractivity contribution in [2.75, 3.05) is 0 Å². The summed E-state index contributed by atoms with van der Waals surface area (Å²) in [6, 6.07) is 1.94. The minimum Gasteiger partial charge on any atom is -0.262 e. The molecule has 2 rings (SSSR count). The highest BCUT2D eigenvalue weighted by Crippen LogP contribution is 2.29. The van der Waals surface area contributed by atoms with E-state index < -0.39 is 0 Å². The lowest BCUT2D eigenvalue weighted by Gasteiger charge is -2.06. The van der Waals surface area contributed by atoms with Crippen LogP contribution in [-0.2, 0) is 5.75 Å². The summed E-state index contributed by atoms with van der Waals surface area (Å²) in [5.41, 5.74) is 2.77. The third kappa shape index (κ3) is 3.34. The first-order chi connectivity index (χ1) is 8.56. The molecule has 94 valence electrons. The number of thioether (sulfide) groups is 1. The monoisotopic (exact) mass is 299 g/mol. The Labute approximate surface area is 120 Å². The second-order valence-corrected chi connectivity index (χ2v) is 5.56. The minimum absolute atomic E-state index is 0.569. The van der Waals surface area contributed by atoms with Crippen LogP contribution < -0.4 is 0 Å². The first kappa shape index (κ1) is 13.6. The van der Waals surface area contributed by atoms with Crippen molar-refractivity contribution in [3.05, 3.63) is 45.5 Å². The molecule has 0 aliphatic carbocycles. The lowest BCUT2D eigenvalue weighted by molar-refractivity contribution is 0.902. The first-order valence-electron chi connectivity index (χ1n) is 5.29. The highest BCUT2D eigenvalue weighted by atomic mass is 35.5. The Bertz CT molecular complexity index is 535. The molecule has 0 bridgehead atoms. The summed E-state index contributed by atoms with van der Waals surface area (Å²) in [5, 5.41) is 1.87. The molecule has 0 aromatic carbocycles. The smallest absolute Gasteiger partial charge is 0.188 e. The molecule has 0 aliphatic rings. The van der Waals surface area contributed by atoms with Gasteiger partial charge in [0, 0.05) is 35.1 Å². The molecule has 0 amide bonds. The third-order valence-electron chi connectivity index (χ3n) is 2.26. The van der Waals surface area contributed by atoms with Gasteiger partial charge in [0.25, 0.3) is 0 Å². The molecule has 0 aliphatic heterocycles. The lowest BCUT2D eigenvalue weighted by Crippen LogP contribution is -1.94. The van der Waals surface area contributed by atoms with Crippen molar-refractivity contribution in [1.29, 1.82) is 0 Å². The molecule has 0 spiro atoms. The average molecular weight is 300 g/mol. The standard InChI is InChI=1S/C12H11Cl2N3S/c1-7-3-8(2)17-12(16-7)18-6-9-10(13)4-15-5-11(9)14/h3-5H,6H2,1-2H3. The molecular formula is C12H11Cl2N3S. The van der Waals surface area contributed by atoms with Crippen LogP contribution in [-0.4, -0.2) is 15.0 Å². The molecule has 6 heteroatoms. The first-order valence-corrected chi connectivity index (χ1v) is 7.03. The molecule has 0 saturated carbocycles. The van der Waals surface area contributed by atoms with E-state index in [0.29, 0.717) is 15.8 Å². The van der Waals surface area contributed by atoms with E-state index in [4.69, 9.17) is 23.2 Å². The minimum atomic E-state index is 0.569. The molecule has 0 radical (unpaired) electrons. The number of nitrogens with zero attached hydrogens (tertiary/aromatic N) is 3. The van der Waals surface area contributed by atoms with Crippen molar-refractivity contribution in [2.24, 2.45) is 0 Å². The maximum atomic E-state index is 6.06. The van der Waals surface area contributed by atoms with Gasteiger partial charge in [-0.1, -0.05) is 35.0 Å². The van der Waals surface area contributed by atoms with Gasteiger partial charge >= 0.3 is 0 Å². The molecule has 0 N–H and O–H groups in total. The van der Waals surface area contributed by atoms with Crippen molar-refractivity contribution in [2.45, 2.75) is 24.8 Å². The zero-order valence-electron chi connectivity index (χ0n) is 9.94. The number of hydrogen-bond donors (Lipinski definition) is 0. The lowest BCUT2D eigenvalue weighted by atomic mass is 10.3. The van der Waals surface area contributed by atoms with Crippen LogP contribution in [0.3, 0.4) is 0 Å². The van der Waals surface area contributed by atoms with Gasteiger partial charge < -0.3 is 0 Å². The summed E-state index contributed by atoms with van der Waals surface area (Å²) >= 11 is 13.6. The zero-order chi connectivity index (χ0) is 13.1. The highest BCUT2D eigenvalue weighted by molar-refractivity contribution is 7.98. The van der Waals surface area contributed by atoms with Gasteiger partial charge in [0.1, 0.15) is 0 Å². The second kappa shape index (κ2) is 5.87. The third-order valence-corrected chi connectivity index (χ3v) is 3.78. The van der Waals surface area contributed by atoms with Gasteiger partial charge in [-0.05, 0) is 19.9 Å². The van der Waals surface area contributed by atoms with Crippen molar-refractivity contribution >= 4 is 35.0 Å². The van der Waals surface area contributed by atoms with E-state index in [2.05, 4.69) is 15.0 Å². The van der Waals surface area contributed by atoms with Gasteiger partial charge in [-0.2, -0.15) is 0 Å². The largest absolute Gasteiger partial charge is 0.262 e. The van der Waals surface area contributed by atoms with Crippen LogP contribution in [0.5, 0.6) is 0 Å². The quantitative estimate of drug-likeness (QED) is 0.632. The van der Waals surface area contributed by atoms with E-state index in [1.54, 1.807) is 12.4 Å². The Morgan fingerprint density at radius 1 is 1.06 bits per heavy atom. The summed E-state index contributed by atoms with van der Waals surface area (Å²) in [6.07, 6.45) is 3.18. The Balaban J connectivity index is 2.16. The number of rotatable bonds is 3. The Hall–Kier alpha value is -0.840. The van der Waals surface area contributed by atoms with E-state index in [1.165, 1.54) is 11.8 Å². The molecule has 0 fully saturated rings. The fourth-order valence-electron chi connectivity index (χ4n) is 1.47. The van der Waals surface area contributed by atoms with Crippen molar-refractivity contribution < 1.29 is 0 Å². The predicted molar refractivity (Wildman–Crippen MR) is 75.3 cm³/mol. The van der Waals surface area contributed by atoms with Crippen LogP contribution in [0.4, 0.5) is 0 Å². The van der Waals surface area contributed by atoms with E-state index in [0.717, 1.165) is 22.1 Å². The summed E-state index contributed by atoms with van der Waals surface area (Å²) in [5.74, 6) is 0.628. The predicted octanol–water partition coefficient (Wildman–Crippen LogP) is 4.09. The molecule has 2 aromatic heterocycles. The van der Waals surface area contributed by atoms with Gasteiger partial charge in [0.15, 0.2) is 5.16 Å². The van der Waals surface area contributed by atoms with Crippen LogP contribution in [0, 0.1) is 13.8 Å². The molecule has 2 aromatic rings. The Kier molecular flexibility index (Phi) is 4.43. The van der Waals surface area contributed by atoms with Gasteiger partial charge in [0.2, 0.25) is 0 Å². The Morgan fingerprint density at radius 2 is 1.61 bits per heavy atom. The van der Waals surface area contributed by atoms with Gasteiger partial charge in [0.05, 0.1) is 10.0 Å². The van der Waals surface area contributed by atoms with Crippen LogP contribution >= 0.6 is 35.0 Å². The van der Waals surface area contributed by atoms with Crippen molar-refractivity contribution in [3.8, 4) is 0 Å². The van der Waals surface area contributed by atoms with Crippen LogP contribution in [0.25, 0.3) is 0 Å². The molecule has 0 saturated heterocycles. The number of pyridine rings is 1. The van der Waals surface area contributed by atoms with Gasteiger partial charge in [-0.3, -0.25) is 4.98 Å². The van der Waals surface area contributed by atoms with Gasteiger partial charge in [-0.25, -0.2) is 9.97 Å². The van der Waals surface area contributed by atoms with Gasteiger partial charge in [-0.15, -0.1) is 0 Å². The molecular weight excluding hydrogens is 289 g/mol. The number of aryl methyl sites for hydroxylation is 2. The van der Waals surface area contributed by atoms with Crippen LogP contribution in [0.15, 0.2) is 23.6 Å². The number of halogens is 2. The maximum Gasteiger partial charge on any atom is 0.188 e. The number of aromatic nitrogens is 3. The van der Waals surface area contributed by atoms with Crippen molar-refractivity contribution in [3.63, 3.8) is 0 Å². The summed E-state index contributed by atoms with van der Waals surface area (Å²) in [7, 11) is 0. The fraction of sp³-hybridized carbons (Fsp3) is 0.250. The van der Waals surface area contributed by atoms with E-state index >= 15 is 0 Å².